The van der Waals surface area contributed by atoms with Crippen molar-refractivity contribution in [2.75, 3.05) is 4.90 Å². The number of urea groups is 1. The Balaban J connectivity index is 1.48. The third-order valence-corrected chi connectivity index (χ3v) is 7.05. The quantitative estimate of drug-likeness (QED) is 0.200. The van der Waals surface area contributed by atoms with Crippen molar-refractivity contribution in [2.24, 2.45) is 4.99 Å². The Morgan fingerprint density at radius 2 is 1.88 bits per heavy atom. The molecule has 0 bridgehead atoms. The Kier molecular flexibility index (Phi) is 10.3. The van der Waals surface area contributed by atoms with Gasteiger partial charge < -0.3 is 5.32 Å². The number of rotatable bonds is 13. The molecular weight excluding hydrogens is 498 g/mol. The molecule has 7 heteroatoms. The number of allylic oxidation sites excluding steroid dienone is 1. The van der Waals surface area contributed by atoms with E-state index in [0.717, 1.165) is 67.3 Å². The van der Waals surface area contributed by atoms with Gasteiger partial charge in [-0.15, -0.1) is 0 Å². The van der Waals surface area contributed by atoms with Crippen LogP contribution >= 0.6 is 0 Å². The van der Waals surface area contributed by atoms with Crippen molar-refractivity contribution in [1.29, 1.82) is 5.26 Å². The fraction of sp³-hybridized carbons (Fsp3) is 0.303. The summed E-state index contributed by atoms with van der Waals surface area (Å²) in [5, 5.41) is 12.1. The first-order valence-corrected chi connectivity index (χ1v) is 13.9. The molecule has 2 heterocycles. The molecule has 1 aliphatic rings. The number of aromatic nitrogens is 1. The lowest BCUT2D eigenvalue weighted by Crippen LogP contribution is -2.46. The molecule has 4 rings (SSSR count). The lowest BCUT2D eigenvalue weighted by Gasteiger charge is -2.32. The highest BCUT2D eigenvalue weighted by molar-refractivity contribution is 6.03. The molecule has 0 fully saturated rings. The number of unbranched alkanes of at least 4 members (excludes halogenated alkanes) is 1. The van der Waals surface area contributed by atoms with E-state index in [4.69, 9.17) is 5.26 Å². The molecule has 1 N–H and O–H groups in total. The zero-order valence-corrected chi connectivity index (χ0v) is 22.9. The van der Waals surface area contributed by atoms with Crippen molar-refractivity contribution in [3.05, 3.63) is 107 Å². The van der Waals surface area contributed by atoms with Crippen LogP contribution < -0.4 is 10.2 Å². The molecule has 0 saturated heterocycles. The van der Waals surface area contributed by atoms with Crippen LogP contribution in [0.2, 0.25) is 0 Å². The van der Waals surface area contributed by atoms with Crippen LogP contribution in [0.15, 0.2) is 89.6 Å². The third kappa shape index (κ3) is 7.73. The number of amides is 2. The Morgan fingerprint density at radius 1 is 1.07 bits per heavy atom. The van der Waals surface area contributed by atoms with E-state index >= 15 is 0 Å². The van der Waals surface area contributed by atoms with Gasteiger partial charge in [-0.2, -0.15) is 5.26 Å². The van der Waals surface area contributed by atoms with Crippen molar-refractivity contribution in [1.82, 2.24) is 10.3 Å². The summed E-state index contributed by atoms with van der Waals surface area (Å²) in [6, 6.07) is 23.4. The molecule has 204 valence electrons. The van der Waals surface area contributed by atoms with Crippen LogP contribution in [0.1, 0.15) is 67.5 Å². The normalized spacial score (nSPS) is 14.7. The molecule has 7 nitrogen and oxygen atoms in total. The number of carbonyl (C=O) groups excluding carboxylic acids is 2. The average molecular weight is 534 g/mol. The minimum absolute atomic E-state index is 0.0339. The second kappa shape index (κ2) is 14.5. The third-order valence-electron chi connectivity index (χ3n) is 7.05. The Labute approximate surface area is 236 Å². The van der Waals surface area contributed by atoms with Gasteiger partial charge >= 0.3 is 6.03 Å². The van der Waals surface area contributed by atoms with Crippen molar-refractivity contribution in [2.45, 2.75) is 64.1 Å². The first kappa shape index (κ1) is 28.4. The van der Waals surface area contributed by atoms with E-state index in [9.17, 15) is 9.59 Å². The Hall–Kier alpha value is -4.57. The molecule has 2 atom stereocenters. The van der Waals surface area contributed by atoms with Crippen LogP contribution in [0.5, 0.6) is 0 Å². The number of carbonyl (C=O) groups is 2. The summed E-state index contributed by atoms with van der Waals surface area (Å²) in [7, 11) is 0. The predicted octanol–water partition coefficient (Wildman–Crippen LogP) is 6.50. The smallest absolute Gasteiger partial charge is 0.322 e. The van der Waals surface area contributed by atoms with Crippen LogP contribution in [0.25, 0.3) is 0 Å². The van der Waals surface area contributed by atoms with Crippen LogP contribution in [0, 0.1) is 11.3 Å². The second-order valence-electron chi connectivity index (χ2n) is 9.95. The largest absolute Gasteiger partial charge is 0.334 e. The standard InChI is InChI=1S/C33H35N5O2/c1-2-8-30(12-7-6-11-29-16-13-26(20-34)22-35-29)38(33(40)37-21-25-9-4-3-5-10-25)31-17-14-28(15-18-31)32-19-27(24-39)23-36-32/h3-5,9-10,13-19,22-24,30,32H,2,6-8,11-12,21H2,1H3,(H,37,40). The lowest BCUT2D eigenvalue weighted by atomic mass is 10.00. The van der Waals surface area contributed by atoms with Crippen molar-refractivity contribution in [3.8, 4) is 6.07 Å². The lowest BCUT2D eigenvalue weighted by molar-refractivity contribution is -0.104. The first-order valence-electron chi connectivity index (χ1n) is 13.9. The summed E-state index contributed by atoms with van der Waals surface area (Å²) in [5.74, 6) is 0. The summed E-state index contributed by atoms with van der Waals surface area (Å²) in [5.41, 5.74) is 4.97. The zero-order valence-electron chi connectivity index (χ0n) is 22.9. The molecule has 3 aromatic rings. The van der Waals surface area contributed by atoms with Crippen LogP contribution in [0.4, 0.5) is 10.5 Å². The number of hydrogen-bond acceptors (Lipinski definition) is 5. The average Bonchev–Trinajstić information content (AvgIpc) is 3.49. The summed E-state index contributed by atoms with van der Waals surface area (Å²) < 4.78 is 0. The molecule has 0 saturated carbocycles. The molecule has 0 aliphatic carbocycles. The van der Waals surface area contributed by atoms with Gasteiger partial charge in [0.05, 0.1) is 11.6 Å². The van der Waals surface area contributed by atoms with Crippen LogP contribution in [-0.2, 0) is 17.8 Å². The number of nitrogens with zero attached hydrogens (tertiary/aromatic N) is 4. The summed E-state index contributed by atoms with van der Waals surface area (Å²) >= 11 is 0. The monoisotopic (exact) mass is 533 g/mol. The van der Waals surface area contributed by atoms with E-state index in [-0.39, 0.29) is 18.1 Å². The molecule has 2 aromatic carbocycles. The first-order chi connectivity index (χ1) is 19.6. The highest BCUT2D eigenvalue weighted by atomic mass is 16.2. The molecule has 2 amide bonds. The maximum absolute atomic E-state index is 13.7. The zero-order chi connectivity index (χ0) is 28.2. The summed E-state index contributed by atoms with van der Waals surface area (Å²) in [6.07, 6.45) is 11.3. The molecule has 1 aliphatic heterocycles. The van der Waals surface area contributed by atoms with Gasteiger partial charge in [0.25, 0.3) is 0 Å². The van der Waals surface area contributed by atoms with Gasteiger partial charge in [0.2, 0.25) is 0 Å². The summed E-state index contributed by atoms with van der Waals surface area (Å²) in [6.45, 7) is 2.60. The fourth-order valence-corrected chi connectivity index (χ4v) is 4.93. The molecule has 1 aromatic heterocycles. The number of aliphatic imine (C=N–C) groups is 1. The number of aldehydes is 1. The molecule has 40 heavy (non-hydrogen) atoms. The minimum Gasteiger partial charge on any atom is -0.334 e. The van der Waals surface area contributed by atoms with Gasteiger partial charge in [-0.3, -0.25) is 19.7 Å². The van der Waals surface area contributed by atoms with Crippen LogP contribution in [-0.4, -0.2) is 29.6 Å². The maximum Gasteiger partial charge on any atom is 0.322 e. The van der Waals surface area contributed by atoms with Crippen molar-refractivity contribution in [3.63, 3.8) is 0 Å². The molecular formula is C33H35N5O2. The predicted molar refractivity (Wildman–Crippen MR) is 158 cm³/mol. The number of nitrogens with one attached hydrogen (secondary N) is 1. The highest BCUT2D eigenvalue weighted by Gasteiger charge is 2.25. The topological polar surface area (TPSA) is 98.5 Å². The second-order valence-corrected chi connectivity index (χ2v) is 9.95. The Bertz CT molecular complexity index is 1360. The number of pyridine rings is 1. The molecule has 0 spiro atoms. The SMILES string of the molecule is CCCC(CCCCc1ccc(C#N)cn1)N(C(=O)NCc1ccccc1)c1ccc(C2C=C(C=O)C=N2)cc1. The van der Waals surface area contributed by atoms with Gasteiger partial charge in [-0.1, -0.05) is 62.2 Å². The van der Waals surface area contributed by atoms with E-state index in [1.54, 1.807) is 18.5 Å². The number of hydrogen-bond donors (Lipinski definition) is 1. The minimum atomic E-state index is -0.183. The van der Waals surface area contributed by atoms with E-state index in [2.05, 4.69) is 28.3 Å². The van der Waals surface area contributed by atoms with Gasteiger partial charge in [-0.05, 0) is 67.2 Å². The number of benzene rings is 2. The van der Waals surface area contributed by atoms with Gasteiger partial charge in [-0.25, -0.2) is 4.79 Å². The van der Waals surface area contributed by atoms with Gasteiger partial charge in [0.15, 0.2) is 6.29 Å². The fourth-order valence-electron chi connectivity index (χ4n) is 4.93. The Morgan fingerprint density at radius 3 is 2.52 bits per heavy atom. The van der Waals surface area contributed by atoms with Gasteiger partial charge in [0, 0.05) is 42.0 Å². The van der Waals surface area contributed by atoms with Crippen LogP contribution in [0.3, 0.4) is 0 Å². The number of aryl methyl sites for hydroxylation is 1. The van der Waals surface area contributed by atoms with Crippen molar-refractivity contribution < 1.29 is 9.59 Å². The van der Waals surface area contributed by atoms with Gasteiger partial charge in [0.1, 0.15) is 6.07 Å². The highest BCUT2D eigenvalue weighted by Crippen LogP contribution is 2.29. The van der Waals surface area contributed by atoms with E-state index < -0.39 is 0 Å². The van der Waals surface area contributed by atoms with E-state index in [1.165, 1.54) is 0 Å². The molecule has 0 radical (unpaired) electrons. The number of nitriles is 1. The van der Waals surface area contributed by atoms with E-state index in [0.29, 0.717) is 17.7 Å². The number of anilines is 1. The summed E-state index contributed by atoms with van der Waals surface area (Å²) in [4.78, 5) is 35.5. The van der Waals surface area contributed by atoms with Crippen molar-refractivity contribution >= 4 is 24.2 Å². The maximum atomic E-state index is 13.7. The van der Waals surface area contributed by atoms with E-state index in [1.807, 2.05) is 71.6 Å². The molecule has 2 unspecified atom stereocenters.